The van der Waals surface area contributed by atoms with Crippen LogP contribution < -0.4 is 10.6 Å². The minimum Gasteiger partial charge on any atom is -0.467 e. The summed E-state index contributed by atoms with van der Waals surface area (Å²) >= 11 is 0. The number of hydrogen-bond donors (Lipinski definition) is 2. The Labute approximate surface area is 154 Å². The number of hydrogen-bond acceptors (Lipinski definition) is 5. The monoisotopic (exact) mass is 364 g/mol. The number of rotatable bonds is 9. The maximum Gasteiger partial charge on any atom is 0.408 e. The van der Waals surface area contributed by atoms with E-state index < -0.39 is 30.1 Å². The van der Waals surface area contributed by atoms with Gasteiger partial charge in [0.15, 0.2) is 0 Å². The lowest BCUT2D eigenvalue weighted by Crippen LogP contribution is -2.53. The molecule has 0 aliphatic heterocycles. The van der Waals surface area contributed by atoms with Gasteiger partial charge in [0.25, 0.3) is 0 Å². The van der Waals surface area contributed by atoms with E-state index in [4.69, 9.17) is 9.47 Å². The van der Waals surface area contributed by atoms with Gasteiger partial charge in [-0.3, -0.25) is 4.79 Å². The summed E-state index contributed by atoms with van der Waals surface area (Å²) in [4.78, 5) is 36.3. The highest BCUT2D eigenvalue weighted by molar-refractivity contribution is 5.89. The van der Waals surface area contributed by atoms with Crippen LogP contribution in [-0.4, -0.2) is 37.2 Å². The summed E-state index contributed by atoms with van der Waals surface area (Å²) in [5.74, 6) is -1.10. The van der Waals surface area contributed by atoms with Crippen LogP contribution in [0, 0.1) is 5.92 Å². The minimum atomic E-state index is -0.783. The molecule has 1 aromatic rings. The van der Waals surface area contributed by atoms with Crippen molar-refractivity contribution in [2.24, 2.45) is 5.92 Å². The molecule has 0 aromatic heterocycles. The summed E-state index contributed by atoms with van der Waals surface area (Å²) in [7, 11) is 1.27. The Kier molecular flexibility index (Phi) is 9.19. The summed E-state index contributed by atoms with van der Waals surface area (Å²) in [5.41, 5.74) is 0.852. The number of alkyl carbamates (subject to hydrolysis) is 1. The zero-order valence-electron chi connectivity index (χ0n) is 15.8. The highest BCUT2D eigenvalue weighted by Crippen LogP contribution is 2.07. The van der Waals surface area contributed by atoms with Gasteiger partial charge in [-0.2, -0.15) is 0 Å². The van der Waals surface area contributed by atoms with Gasteiger partial charge in [0, 0.05) is 0 Å². The number of amides is 2. The molecule has 0 saturated heterocycles. The van der Waals surface area contributed by atoms with E-state index in [0.717, 1.165) is 5.56 Å². The molecular weight excluding hydrogens is 336 g/mol. The largest absolute Gasteiger partial charge is 0.467 e. The molecule has 7 nitrogen and oxygen atoms in total. The summed E-state index contributed by atoms with van der Waals surface area (Å²) < 4.78 is 9.87. The Balaban J connectivity index is 2.63. The molecule has 1 rings (SSSR count). The normalized spacial score (nSPS) is 12.8. The van der Waals surface area contributed by atoms with Crippen molar-refractivity contribution in [2.75, 3.05) is 7.11 Å². The molecule has 0 spiro atoms. The SMILES string of the molecule is CCC[C@H](NC(=O)OCc1ccccc1)C(=O)N[C@@H](C(=O)OC)C(C)C. The van der Waals surface area contributed by atoms with Crippen molar-refractivity contribution in [1.82, 2.24) is 10.6 Å². The first-order valence-corrected chi connectivity index (χ1v) is 8.74. The van der Waals surface area contributed by atoms with E-state index in [9.17, 15) is 14.4 Å². The van der Waals surface area contributed by atoms with E-state index in [-0.39, 0.29) is 12.5 Å². The van der Waals surface area contributed by atoms with Gasteiger partial charge in [0.05, 0.1) is 7.11 Å². The molecule has 26 heavy (non-hydrogen) atoms. The molecule has 1 aromatic carbocycles. The van der Waals surface area contributed by atoms with Gasteiger partial charge in [-0.15, -0.1) is 0 Å². The van der Waals surface area contributed by atoms with Crippen LogP contribution in [0.2, 0.25) is 0 Å². The number of nitrogens with one attached hydrogen (secondary N) is 2. The van der Waals surface area contributed by atoms with Crippen LogP contribution >= 0.6 is 0 Å². The third-order valence-corrected chi connectivity index (χ3v) is 3.82. The number of esters is 1. The van der Waals surface area contributed by atoms with Gasteiger partial charge >= 0.3 is 12.1 Å². The quantitative estimate of drug-likeness (QED) is 0.656. The molecule has 144 valence electrons. The second-order valence-corrected chi connectivity index (χ2v) is 6.30. The fourth-order valence-electron chi connectivity index (χ4n) is 2.34. The average molecular weight is 364 g/mol. The van der Waals surface area contributed by atoms with E-state index in [1.54, 1.807) is 13.8 Å². The molecule has 2 amide bonds. The van der Waals surface area contributed by atoms with Crippen LogP contribution in [0.5, 0.6) is 0 Å². The first-order chi connectivity index (χ1) is 12.4. The van der Waals surface area contributed by atoms with Crippen molar-refractivity contribution in [3.05, 3.63) is 35.9 Å². The number of benzene rings is 1. The second-order valence-electron chi connectivity index (χ2n) is 6.30. The van der Waals surface area contributed by atoms with Crippen LogP contribution in [-0.2, 0) is 25.7 Å². The van der Waals surface area contributed by atoms with Crippen LogP contribution in [0.3, 0.4) is 0 Å². The highest BCUT2D eigenvalue weighted by Gasteiger charge is 2.29. The number of carbonyl (C=O) groups excluding carboxylic acids is 3. The molecule has 0 aliphatic rings. The summed E-state index contributed by atoms with van der Waals surface area (Å²) in [5, 5.41) is 5.21. The molecule has 2 atom stereocenters. The predicted molar refractivity (Wildman–Crippen MR) is 97.2 cm³/mol. The first-order valence-electron chi connectivity index (χ1n) is 8.74. The lowest BCUT2D eigenvalue weighted by molar-refractivity contribution is -0.146. The molecule has 0 unspecified atom stereocenters. The average Bonchev–Trinajstić information content (AvgIpc) is 2.63. The van der Waals surface area contributed by atoms with Gasteiger partial charge in [-0.05, 0) is 17.9 Å². The number of carbonyl (C=O) groups is 3. The standard InChI is InChI=1S/C19H28N2O5/c1-5-9-15(17(22)21-16(13(2)3)18(23)25-4)20-19(24)26-12-14-10-7-6-8-11-14/h6-8,10-11,13,15-16H,5,9,12H2,1-4H3,(H,20,24)(H,21,22)/t15-,16+/m0/s1. The minimum absolute atomic E-state index is 0.115. The van der Waals surface area contributed by atoms with Gasteiger partial charge in [0.2, 0.25) is 5.91 Å². The van der Waals surface area contributed by atoms with Gasteiger partial charge < -0.3 is 20.1 Å². The van der Waals surface area contributed by atoms with E-state index in [1.807, 2.05) is 37.3 Å². The molecular formula is C19H28N2O5. The number of ether oxygens (including phenoxy) is 2. The van der Waals surface area contributed by atoms with Gasteiger partial charge in [0.1, 0.15) is 18.7 Å². The Bertz CT molecular complexity index is 589. The summed E-state index contributed by atoms with van der Waals surface area (Å²) in [6, 6.07) is 7.70. The molecule has 0 saturated carbocycles. The van der Waals surface area contributed by atoms with E-state index in [2.05, 4.69) is 10.6 Å². The zero-order valence-corrected chi connectivity index (χ0v) is 15.8. The molecule has 0 radical (unpaired) electrons. The van der Waals surface area contributed by atoms with Crippen molar-refractivity contribution >= 4 is 18.0 Å². The van der Waals surface area contributed by atoms with Crippen molar-refractivity contribution in [3.63, 3.8) is 0 Å². The molecule has 0 heterocycles. The zero-order chi connectivity index (χ0) is 19.5. The van der Waals surface area contributed by atoms with Crippen molar-refractivity contribution in [3.8, 4) is 0 Å². The van der Waals surface area contributed by atoms with Crippen molar-refractivity contribution < 1.29 is 23.9 Å². The molecule has 2 N–H and O–H groups in total. The van der Waals surface area contributed by atoms with Crippen molar-refractivity contribution in [2.45, 2.75) is 52.3 Å². The third kappa shape index (κ3) is 7.13. The van der Waals surface area contributed by atoms with E-state index in [0.29, 0.717) is 12.8 Å². The lowest BCUT2D eigenvalue weighted by Gasteiger charge is -2.23. The topological polar surface area (TPSA) is 93.7 Å². The second kappa shape index (κ2) is 11.1. The van der Waals surface area contributed by atoms with E-state index in [1.165, 1.54) is 7.11 Å². The first kappa shape index (κ1) is 21.5. The molecule has 0 bridgehead atoms. The summed E-state index contributed by atoms with van der Waals surface area (Å²) in [6.07, 6.45) is 0.432. The van der Waals surface area contributed by atoms with Crippen molar-refractivity contribution in [1.29, 1.82) is 0 Å². The maximum atomic E-state index is 12.5. The van der Waals surface area contributed by atoms with Gasteiger partial charge in [-0.25, -0.2) is 9.59 Å². The van der Waals surface area contributed by atoms with Crippen LogP contribution in [0.15, 0.2) is 30.3 Å². The third-order valence-electron chi connectivity index (χ3n) is 3.82. The number of methoxy groups -OCH3 is 1. The molecule has 7 heteroatoms. The highest BCUT2D eigenvalue weighted by atomic mass is 16.5. The van der Waals surface area contributed by atoms with E-state index >= 15 is 0 Å². The molecule has 0 fully saturated rings. The molecule has 0 aliphatic carbocycles. The van der Waals surface area contributed by atoms with Crippen LogP contribution in [0.25, 0.3) is 0 Å². The predicted octanol–water partition coefficient (Wildman–Crippen LogP) is 2.40. The van der Waals surface area contributed by atoms with Crippen LogP contribution in [0.4, 0.5) is 4.79 Å². The summed E-state index contributed by atoms with van der Waals surface area (Å²) in [6.45, 7) is 5.62. The fourth-order valence-corrected chi connectivity index (χ4v) is 2.34. The Hall–Kier alpha value is -2.57. The Morgan fingerprint density at radius 2 is 1.73 bits per heavy atom. The smallest absolute Gasteiger partial charge is 0.408 e. The van der Waals surface area contributed by atoms with Crippen LogP contribution in [0.1, 0.15) is 39.2 Å². The van der Waals surface area contributed by atoms with Gasteiger partial charge in [-0.1, -0.05) is 57.5 Å². The maximum absolute atomic E-state index is 12.5. The Morgan fingerprint density at radius 3 is 2.27 bits per heavy atom. The fraction of sp³-hybridized carbons (Fsp3) is 0.526. The Morgan fingerprint density at radius 1 is 1.08 bits per heavy atom. The lowest BCUT2D eigenvalue weighted by atomic mass is 10.0.